The molecule has 0 aliphatic heterocycles. The molecule has 1 unspecified atom stereocenters. The molecule has 0 aliphatic carbocycles. The summed E-state index contributed by atoms with van der Waals surface area (Å²) in [4.78, 5) is 8.44. The normalized spacial score (nSPS) is 12.6. The van der Waals surface area contributed by atoms with Crippen LogP contribution in [0.3, 0.4) is 0 Å². The Balaban J connectivity index is 2.13. The van der Waals surface area contributed by atoms with Crippen LogP contribution in [0.5, 0.6) is 0 Å². The van der Waals surface area contributed by atoms with Crippen LogP contribution in [0.25, 0.3) is 11.5 Å². The van der Waals surface area contributed by atoms with Crippen LogP contribution in [0.4, 0.5) is 0 Å². The summed E-state index contributed by atoms with van der Waals surface area (Å²) in [5.41, 5.74) is 0.447. The van der Waals surface area contributed by atoms with Gasteiger partial charge in [0.15, 0.2) is 0 Å². The first-order valence-corrected chi connectivity index (χ1v) is 7.26. The zero-order valence-corrected chi connectivity index (χ0v) is 13.3. The van der Waals surface area contributed by atoms with Crippen LogP contribution in [-0.2, 0) is 11.2 Å². The van der Waals surface area contributed by atoms with E-state index in [1.807, 2.05) is 6.92 Å². The second-order valence-electron chi connectivity index (χ2n) is 4.41. The van der Waals surface area contributed by atoms with Crippen LogP contribution in [0.2, 0.25) is 10.0 Å². The first kappa shape index (κ1) is 16.2. The Morgan fingerprint density at radius 1 is 1.43 bits per heavy atom. The van der Waals surface area contributed by atoms with E-state index >= 15 is 0 Å². The van der Waals surface area contributed by atoms with Crippen LogP contribution in [0.15, 0.2) is 16.8 Å². The fourth-order valence-electron chi connectivity index (χ4n) is 1.90. The molecule has 6 nitrogen and oxygen atoms in total. The summed E-state index contributed by atoms with van der Waals surface area (Å²) in [6, 6.07) is 1.70. The van der Waals surface area contributed by atoms with Crippen molar-refractivity contribution in [3.63, 3.8) is 0 Å². The topological polar surface area (TPSA) is 73.1 Å². The lowest BCUT2D eigenvalue weighted by atomic mass is 10.2. The first-order valence-electron chi connectivity index (χ1n) is 6.50. The average molecular weight is 331 g/mol. The quantitative estimate of drug-likeness (QED) is 0.841. The number of pyridine rings is 1. The van der Waals surface area contributed by atoms with Gasteiger partial charge in [-0.25, -0.2) is 4.98 Å². The highest BCUT2D eigenvalue weighted by atomic mass is 35.5. The molecule has 2 rings (SSSR count). The number of methoxy groups -OCH3 is 1. The monoisotopic (exact) mass is 330 g/mol. The van der Waals surface area contributed by atoms with Gasteiger partial charge in [0.25, 0.3) is 0 Å². The molecular weight excluding hydrogens is 315 g/mol. The van der Waals surface area contributed by atoms with Crippen molar-refractivity contribution in [1.82, 2.24) is 20.4 Å². The number of rotatable bonds is 7. The molecular formula is C13H16Cl2N4O2. The van der Waals surface area contributed by atoms with Gasteiger partial charge in [-0.3, -0.25) is 0 Å². The summed E-state index contributed by atoms with van der Waals surface area (Å²) in [7, 11) is 1.65. The molecule has 114 valence electrons. The summed E-state index contributed by atoms with van der Waals surface area (Å²) < 4.78 is 10.4. The van der Waals surface area contributed by atoms with Crippen molar-refractivity contribution in [1.29, 1.82) is 0 Å². The van der Waals surface area contributed by atoms with Gasteiger partial charge in [0.05, 0.1) is 16.7 Å². The van der Waals surface area contributed by atoms with Gasteiger partial charge in [-0.15, -0.1) is 0 Å². The molecule has 2 heterocycles. The van der Waals surface area contributed by atoms with Gasteiger partial charge in [0.2, 0.25) is 11.7 Å². The highest BCUT2D eigenvalue weighted by molar-refractivity contribution is 6.35. The Morgan fingerprint density at radius 2 is 2.24 bits per heavy atom. The van der Waals surface area contributed by atoms with Gasteiger partial charge in [-0.2, -0.15) is 4.98 Å². The first-order chi connectivity index (χ1) is 10.1. The van der Waals surface area contributed by atoms with Gasteiger partial charge in [-0.1, -0.05) is 35.3 Å². The number of halogens is 2. The maximum absolute atomic E-state index is 6.08. The van der Waals surface area contributed by atoms with E-state index in [0.29, 0.717) is 40.5 Å². The SMILES string of the molecule is CCNC(COC)Cc1nc(-c2ncc(Cl)cc2Cl)no1. The molecule has 0 bridgehead atoms. The molecule has 1 N–H and O–H groups in total. The molecule has 1 atom stereocenters. The van der Waals surface area contributed by atoms with Gasteiger partial charge in [0.1, 0.15) is 5.69 Å². The number of hydrogen-bond acceptors (Lipinski definition) is 6. The lowest BCUT2D eigenvalue weighted by Crippen LogP contribution is -2.35. The second-order valence-corrected chi connectivity index (χ2v) is 5.25. The van der Waals surface area contributed by atoms with Crippen LogP contribution in [-0.4, -0.2) is 41.4 Å². The molecule has 0 saturated carbocycles. The average Bonchev–Trinajstić information content (AvgIpc) is 2.87. The molecule has 21 heavy (non-hydrogen) atoms. The summed E-state index contributed by atoms with van der Waals surface area (Å²) in [6.45, 7) is 3.42. The third kappa shape index (κ3) is 4.38. The van der Waals surface area contributed by atoms with Gasteiger partial charge >= 0.3 is 0 Å². The Labute approximate surface area is 132 Å². The molecule has 0 fully saturated rings. The van der Waals surface area contributed by atoms with Crippen molar-refractivity contribution < 1.29 is 9.26 Å². The van der Waals surface area contributed by atoms with Crippen molar-refractivity contribution >= 4 is 23.2 Å². The Hall–Kier alpha value is -1.21. The highest BCUT2D eigenvalue weighted by Gasteiger charge is 2.17. The van der Waals surface area contributed by atoms with Crippen molar-refractivity contribution in [2.24, 2.45) is 0 Å². The summed E-state index contributed by atoms with van der Waals surface area (Å²) in [5.74, 6) is 0.847. The zero-order chi connectivity index (χ0) is 15.2. The Morgan fingerprint density at radius 3 is 2.90 bits per heavy atom. The predicted molar refractivity (Wildman–Crippen MR) is 80.6 cm³/mol. The van der Waals surface area contributed by atoms with Crippen LogP contribution in [0, 0.1) is 0 Å². The maximum atomic E-state index is 6.08. The van der Waals surface area contributed by atoms with Crippen LogP contribution < -0.4 is 5.32 Å². The molecule has 2 aromatic heterocycles. The largest absolute Gasteiger partial charge is 0.383 e. The number of ether oxygens (including phenoxy) is 1. The number of aromatic nitrogens is 3. The van der Waals surface area contributed by atoms with Crippen molar-refractivity contribution in [2.75, 3.05) is 20.3 Å². The van der Waals surface area contributed by atoms with Crippen molar-refractivity contribution in [2.45, 2.75) is 19.4 Å². The molecule has 0 aliphatic rings. The van der Waals surface area contributed by atoms with E-state index in [2.05, 4.69) is 20.4 Å². The van der Waals surface area contributed by atoms with E-state index in [-0.39, 0.29) is 6.04 Å². The molecule has 2 aromatic rings. The number of likely N-dealkylation sites (N-methyl/N-ethyl adjacent to an activating group) is 1. The number of hydrogen-bond donors (Lipinski definition) is 1. The van der Waals surface area contributed by atoms with E-state index in [1.165, 1.54) is 6.20 Å². The standard InChI is InChI=1S/C13H16Cl2N4O2/c1-3-16-9(7-20-2)5-11-18-13(19-21-11)12-10(15)4-8(14)6-17-12/h4,6,9,16H,3,5,7H2,1-2H3. The minimum absolute atomic E-state index is 0.113. The molecule has 0 saturated heterocycles. The Bertz CT molecular complexity index is 585. The van der Waals surface area contributed by atoms with E-state index in [1.54, 1.807) is 13.2 Å². The third-order valence-electron chi connectivity index (χ3n) is 2.77. The lowest BCUT2D eigenvalue weighted by molar-refractivity contribution is 0.162. The van der Waals surface area contributed by atoms with Gasteiger partial charge in [0, 0.05) is 25.8 Å². The minimum atomic E-state index is 0.113. The van der Waals surface area contributed by atoms with Crippen LogP contribution >= 0.6 is 23.2 Å². The van der Waals surface area contributed by atoms with E-state index < -0.39 is 0 Å². The van der Waals surface area contributed by atoms with E-state index in [0.717, 1.165) is 6.54 Å². The maximum Gasteiger partial charge on any atom is 0.228 e. The van der Waals surface area contributed by atoms with E-state index in [9.17, 15) is 0 Å². The van der Waals surface area contributed by atoms with Gasteiger partial charge < -0.3 is 14.6 Å². The smallest absolute Gasteiger partial charge is 0.228 e. The third-order valence-corrected chi connectivity index (χ3v) is 3.26. The van der Waals surface area contributed by atoms with Crippen molar-refractivity contribution in [3.05, 3.63) is 28.2 Å². The fraction of sp³-hybridized carbons (Fsp3) is 0.462. The summed E-state index contributed by atoms with van der Waals surface area (Å²) >= 11 is 11.9. The minimum Gasteiger partial charge on any atom is -0.383 e. The van der Waals surface area contributed by atoms with Crippen molar-refractivity contribution in [3.8, 4) is 11.5 Å². The summed E-state index contributed by atoms with van der Waals surface area (Å²) in [5, 5.41) is 8.04. The lowest BCUT2D eigenvalue weighted by Gasteiger charge is -2.14. The number of nitrogens with one attached hydrogen (secondary N) is 1. The molecule has 0 amide bonds. The molecule has 8 heteroatoms. The van der Waals surface area contributed by atoms with Gasteiger partial charge in [-0.05, 0) is 12.6 Å². The predicted octanol–water partition coefficient (Wildman–Crippen LogP) is 2.61. The molecule has 0 spiro atoms. The summed E-state index contributed by atoms with van der Waals surface area (Å²) in [6.07, 6.45) is 2.06. The molecule has 0 radical (unpaired) electrons. The van der Waals surface area contributed by atoms with Crippen LogP contribution in [0.1, 0.15) is 12.8 Å². The second kappa shape index (κ2) is 7.70. The zero-order valence-electron chi connectivity index (χ0n) is 11.8. The highest BCUT2D eigenvalue weighted by Crippen LogP contribution is 2.25. The molecule has 0 aromatic carbocycles. The van der Waals surface area contributed by atoms with E-state index in [4.69, 9.17) is 32.5 Å². The Kier molecular flexibility index (Phi) is 5.93. The number of nitrogens with zero attached hydrogens (tertiary/aromatic N) is 3. The fourth-order valence-corrected chi connectivity index (χ4v) is 2.37.